The third-order valence-corrected chi connectivity index (χ3v) is 13.7. The fraction of sp³-hybridized carbons (Fsp3) is 0.879. The first kappa shape index (κ1) is 29.3. The molecule has 0 heterocycles. The molecular weight excluding hydrogens is 492 g/mol. The summed E-state index contributed by atoms with van der Waals surface area (Å²) in [6.07, 6.45) is 8.69. The standard InChI is InChI=1S/C33H52O6/c1-28(2)24-8-11-33(7)26(31(24,5)10-9-25(28)37)23(36)16-21-22-17-30(4,27(38)39-19-20(35)18-34)13-12-29(22,3)14-15-32(21,33)6/h16,20,22,24-26,34-35,37H,8-15,17-19H2,1-7H3/t20?,22-,24?,25+,26-,29-,30+,31+,32-,33-/m1/s1. The molecule has 0 amide bonds. The van der Waals surface area contributed by atoms with Crippen LogP contribution in [0.1, 0.15) is 106 Å². The van der Waals surface area contributed by atoms with Gasteiger partial charge in [-0.15, -0.1) is 0 Å². The predicted molar refractivity (Wildman–Crippen MR) is 149 cm³/mol. The Kier molecular flexibility index (Phi) is 6.85. The molecule has 3 N–H and O–H groups in total. The quantitative estimate of drug-likeness (QED) is 0.419. The van der Waals surface area contributed by atoms with E-state index in [1.54, 1.807) is 0 Å². The minimum Gasteiger partial charge on any atom is -0.462 e. The van der Waals surface area contributed by atoms with E-state index in [1.165, 1.54) is 5.57 Å². The van der Waals surface area contributed by atoms with E-state index in [2.05, 4.69) is 41.5 Å². The van der Waals surface area contributed by atoms with Gasteiger partial charge in [-0.3, -0.25) is 9.59 Å². The first-order valence-electron chi connectivity index (χ1n) is 15.4. The summed E-state index contributed by atoms with van der Waals surface area (Å²) in [7, 11) is 0. The third kappa shape index (κ3) is 3.97. The molecule has 0 aromatic rings. The number of hydrogen-bond acceptors (Lipinski definition) is 6. The van der Waals surface area contributed by atoms with Crippen molar-refractivity contribution in [1.82, 2.24) is 0 Å². The maximum atomic E-state index is 14.4. The fourth-order valence-corrected chi connectivity index (χ4v) is 10.8. The highest BCUT2D eigenvalue weighted by atomic mass is 16.5. The molecule has 4 fully saturated rings. The lowest BCUT2D eigenvalue weighted by molar-refractivity contribution is -0.202. The van der Waals surface area contributed by atoms with E-state index in [0.29, 0.717) is 12.3 Å². The SMILES string of the molecule is CC1(C)C2CC[C@]3(C)[C@H](C(=O)C=C4[C@H]5C[C@@](C)(C(=O)OCC(O)CO)CC[C@]5(C)CC[C@]43C)[C@@]2(C)CC[C@@H]1O. The van der Waals surface area contributed by atoms with Gasteiger partial charge in [0.1, 0.15) is 12.7 Å². The van der Waals surface area contributed by atoms with Crippen LogP contribution in [0.3, 0.4) is 0 Å². The van der Waals surface area contributed by atoms with E-state index in [-0.39, 0.29) is 63.4 Å². The Morgan fingerprint density at radius 2 is 1.67 bits per heavy atom. The lowest BCUT2D eigenvalue weighted by Gasteiger charge is -2.70. The summed E-state index contributed by atoms with van der Waals surface area (Å²) in [5, 5.41) is 29.8. The first-order chi connectivity index (χ1) is 18.0. The molecule has 0 radical (unpaired) electrons. The van der Waals surface area contributed by atoms with Crippen LogP contribution in [0.15, 0.2) is 11.6 Å². The average Bonchev–Trinajstić information content (AvgIpc) is 2.87. The highest BCUT2D eigenvalue weighted by Crippen LogP contribution is 2.75. The lowest BCUT2D eigenvalue weighted by atomic mass is 9.33. The Labute approximate surface area is 235 Å². The summed E-state index contributed by atoms with van der Waals surface area (Å²) in [6.45, 7) is 15.2. The van der Waals surface area contributed by atoms with Gasteiger partial charge in [0.15, 0.2) is 5.78 Å². The number of ether oxygens (including phenoxy) is 1. The van der Waals surface area contributed by atoms with E-state index >= 15 is 0 Å². The van der Waals surface area contributed by atoms with Crippen LogP contribution in [0, 0.1) is 50.2 Å². The largest absolute Gasteiger partial charge is 0.462 e. The molecule has 0 saturated heterocycles. The van der Waals surface area contributed by atoms with Crippen LogP contribution in [0.5, 0.6) is 0 Å². The molecule has 6 nitrogen and oxygen atoms in total. The topological polar surface area (TPSA) is 104 Å². The average molecular weight is 545 g/mol. The number of esters is 1. The fourth-order valence-electron chi connectivity index (χ4n) is 10.8. The van der Waals surface area contributed by atoms with Crippen molar-refractivity contribution in [2.24, 2.45) is 50.2 Å². The molecule has 6 heteroatoms. The van der Waals surface area contributed by atoms with Crippen LogP contribution in [0.2, 0.25) is 0 Å². The zero-order valence-corrected chi connectivity index (χ0v) is 25.3. The molecule has 5 aliphatic rings. The van der Waals surface area contributed by atoms with Gasteiger partial charge in [-0.05, 0) is 110 Å². The molecule has 4 saturated carbocycles. The Morgan fingerprint density at radius 1 is 1.00 bits per heavy atom. The zero-order valence-electron chi connectivity index (χ0n) is 25.3. The zero-order chi connectivity index (χ0) is 28.8. The van der Waals surface area contributed by atoms with Crippen LogP contribution in [0.25, 0.3) is 0 Å². The minimum absolute atomic E-state index is 0.0390. The highest BCUT2D eigenvalue weighted by molar-refractivity contribution is 5.95. The molecular formula is C33H52O6. The van der Waals surface area contributed by atoms with Crippen LogP contribution < -0.4 is 0 Å². The van der Waals surface area contributed by atoms with Crippen LogP contribution in [0.4, 0.5) is 0 Å². The number of fused-ring (bicyclic) bond motifs is 7. The van der Waals surface area contributed by atoms with Gasteiger partial charge in [-0.1, -0.05) is 47.1 Å². The summed E-state index contributed by atoms with van der Waals surface area (Å²) in [5.74, 6) is 0.322. The van der Waals surface area contributed by atoms with Crippen molar-refractivity contribution in [2.75, 3.05) is 13.2 Å². The molecule has 0 aromatic heterocycles. The smallest absolute Gasteiger partial charge is 0.311 e. The molecule has 0 bridgehead atoms. The molecule has 5 aliphatic carbocycles. The number of hydrogen-bond donors (Lipinski definition) is 3. The lowest BCUT2D eigenvalue weighted by Crippen LogP contribution is -2.66. The van der Waals surface area contributed by atoms with E-state index in [4.69, 9.17) is 9.84 Å². The first-order valence-corrected chi connectivity index (χ1v) is 15.4. The van der Waals surface area contributed by atoms with Gasteiger partial charge in [0, 0.05) is 5.92 Å². The van der Waals surface area contributed by atoms with E-state index < -0.39 is 18.1 Å². The van der Waals surface area contributed by atoms with Crippen molar-refractivity contribution >= 4 is 11.8 Å². The van der Waals surface area contributed by atoms with Gasteiger partial charge in [-0.25, -0.2) is 0 Å². The van der Waals surface area contributed by atoms with Crippen molar-refractivity contribution in [1.29, 1.82) is 0 Å². The summed E-state index contributed by atoms with van der Waals surface area (Å²) in [5.41, 5.74) is -0.0375. The third-order valence-electron chi connectivity index (χ3n) is 13.7. The van der Waals surface area contributed by atoms with E-state index in [1.807, 2.05) is 13.0 Å². The van der Waals surface area contributed by atoms with Crippen molar-refractivity contribution in [3.63, 3.8) is 0 Å². The van der Waals surface area contributed by atoms with Gasteiger partial charge in [0.05, 0.1) is 18.1 Å². The number of carbonyl (C=O) groups excluding carboxylic acids is 2. The minimum atomic E-state index is -1.07. The van der Waals surface area contributed by atoms with Gasteiger partial charge in [0.25, 0.3) is 0 Å². The van der Waals surface area contributed by atoms with Crippen molar-refractivity contribution < 1.29 is 29.6 Å². The number of carbonyl (C=O) groups is 2. The van der Waals surface area contributed by atoms with Crippen LogP contribution >= 0.6 is 0 Å². The number of rotatable bonds is 4. The van der Waals surface area contributed by atoms with Crippen molar-refractivity contribution in [2.45, 2.75) is 118 Å². The second-order valence-electron chi connectivity index (χ2n) is 16.1. The molecule has 0 aliphatic heterocycles. The number of aliphatic hydroxyl groups is 3. The Balaban J connectivity index is 1.52. The Hall–Kier alpha value is -1.24. The molecule has 5 rings (SSSR count). The van der Waals surface area contributed by atoms with Gasteiger partial charge in [0.2, 0.25) is 0 Å². The Morgan fingerprint density at radius 3 is 2.33 bits per heavy atom. The maximum Gasteiger partial charge on any atom is 0.311 e. The summed E-state index contributed by atoms with van der Waals surface area (Å²) >= 11 is 0. The maximum absolute atomic E-state index is 14.4. The summed E-state index contributed by atoms with van der Waals surface area (Å²) in [4.78, 5) is 27.7. The van der Waals surface area contributed by atoms with E-state index in [0.717, 1.165) is 51.4 Å². The molecule has 0 aromatic carbocycles. The van der Waals surface area contributed by atoms with Gasteiger partial charge >= 0.3 is 5.97 Å². The number of allylic oxidation sites excluding steroid dienone is 2. The van der Waals surface area contributed by atoms with Crippen LogP contribution in [-0.2, 0) is 14.3 Å². The normalized spacial score (nSPS) is 49.5. The summed E-state index contributed by atoms with van der Waals surface area (Å²) in [6, 6.07) is 0. The number of ketones is 1. The predicted octanol–water partition coefficient (Wildman–Crippen LogP) is 5.22. The second kappa shape index (κ2) is 9.13. The van der Waals surface area contributed by atoms with Crippen molar-refractivity contribution in [3.8, 4) is 0 Å². The van der Waals surface area contributed by atoms with Gasteiger partial charge < -0.3 is 20.1 Å². The molecule has 2 unspecified atom stereocenters. The van der Waals surface area contributed by atoms with Gasteiger partial charge in [-0.2, -0.15) is 0 Å². The van der Waals surface area contributed by atoms with Crippen molar-refractivity contribution in [3.05, 3.63) is 11.6 Å². The molecule has 0 spiro atoms. The van der Waals surface area contributed by atoms with E-state index in [9.17, 15) is 19.8 Å². The highest BCUT2D eigenvalue weighted by Gasteiger charge is 2.70. The molecule has 220 valence electrons. The summed E-state index contributed by atoms with van der Waals surface area (Å²) < 4.78 is 5.48. The second-order valence-corrected chi connectivity index (χ2v) is 16.1. The molecule has 10 atom stereocenters. The Bertz CT molecular complexity index is 1060. The molecule has 39 heavy (non-hydrogen) atoms. The van der Waals surface area contributed by atoms with Crippen LogP contribution in [-0.4, -0.2) is 52.5 Å². The monoisotopic (exact) mass is 544 g/mol. The number of aliphatic hydroxyl groups excluding tert-OH is 3.